The molecule has 0 saturated carbocycles. The Kier molecular flexibility index (Phi) is 5.20. The van der Waals surface area contributed by atoms with Crippen LogP contribution in [0.4, 0.5) is 42.4 Å². The molecule has 1 saturated heterocycles. The van der Waals surface area contributed by atoms with Gasteiger partial charge in [0.15, 0.2) is 0 Å². The van der Waals surface area contributed by atoms with Gasteiger partial charge in [-0.2, -0.15) is 28.1 Å². The number of aromatic nitrogens is 3. The number of hydrogen-bond donors (Lipinski definition) is 2. The van der Waals surface area contributed by atoms with Gasteiger partial charge in [-0.1, -0.05) is 24.3 Å². The summed E-state index contributed by atoms with van der Waals surface area (Å²) in [6.45, 7) is 1.66. The Morgan fingerprint density at radius 3 is 2.03 bits per heavy atom. The van der Waals surface area contributed by atoms with Gasteiger partial charge in [-0.05, 0) is 43.2 Å². The minimum absolute atomic E-state index is 0.180. The van der Waals surface area contributed by atoms with Crippen LogP contribution < -0.4 is 15.5 Å². The van der Waals surface area contributed by atoms with Crippen LogP contribution in [-0.2, 0) is 6.18 Å². The number of anilines is 5. The zero-order valence-corrected chi connectivity index (χ0v) is 15.4. The van der Waals surface area contributed by atoms with Crippen LogP contribution in [0.5, 0.6) is 0 Å². The van der Waals surface area contributed by atoms with Crippen molar-refractivity contribution < 1.29 is 13.2 Å². The molecule has 2 aromatic carbocycles. The molecule has 0 atom stereocenters. The van der Waals surface area contributed by atoms with Gasteiger partial charge in [0.25, 0.3) is 0 Å². The number of benzene rings is 2. The Labute approximate surface area is 165 Å². The van der Waals surface area contributed by atoms with Gasteiger partial charge in [-0.25, -0.2) is 0 Å². The van der Waals surface area contributed by atoms with Gasteiger partial charge in [0.05, 0.1) is 5.56 Å². The predicted octanol–water partition coefficient (Wildman–Crippen LogP) is 4.98. The number of hydrogen-bond acceptors (Lipinski definition) is 6. The lowest BCUT2D eigenvalue weighted by molar-refractivity contribution is -0.137. The van der Waals surface area contributed by atoms with Gasteiger partial charge in [-0.15, -0.1) is 0 Å². The van der Waals surface area contributed by atoms with Crippen molar-refractivity contribution in [3.8, 4) is 0 Å². The smallest absolute Gasteiger partial charge is 0.341 e. The van der Waals surface area contributed by atoms with E-state index in [0.717, 1.165) is 43.8 Å². The number of alkyl halides is 3. The van der Waals surface area contributed by atoms with E-state index >= 15 is 0 Å². The summed E-state index contributed by atoms with van der Waals surface area (Å²) in [5, 5.41) is 6.00. The van der Waals surface area contributed by atoms with Crippen LogP contribution in [0, 0.1) is 0 Å². The van der Waals surface area contributed by atoms with Crippen molar-refractivity contribution in [2.75, 3.05) is 28.6 Å². The van der Waals surface area contributed by atoms with Gasteiger partial charge in [0, 0.05) is 24.5 Å². The Hall–Kier alpha value is -3.36. The van der Waals surface area contributed by atoms with Gasteiger partial charge in [0.1, 0.15) is 0 Å². The van der Waals surface area contributed by atoms with Crippen molar-refractivity contribution in [3.63, 3.8) is 0 Å². The van der Waals surface area contributed by atoms with Crippen LogP contribution in [-0.4, -0.2) is 28.0 Å². The molecular weight excluding hydrogens is 381 g/mol. The van der Waals surface area contributed by atoms with Crippen molar-refractivity contribution in [1.29, 1.82) is 0 Å². The standard InChI is InChI=1S/C20H19F3N6/c21-20(22,23)14-7-6-10-16(13-14)25-18-26-17(24-15-8-2-1-3-9-15)27-19(28-18)29-11-4-5-12-29/h1-3,6-10,13H,4-5,11-12H2,(H2,24,25,26,27,28). The second-order valence-corrected chi connectivity index (χ2v) is 6.67. The molecular formula is C20H19F3N6. The third-order valence-electron chi connectivity index (χ3n) is 4.49. The SMILES string of the molecule is FC(F)(F)c1cccc(Nc2nc(Nc3ccccc3)nc(N3CCCC3)n2)c1. The highest BCUT2D eigenvalue weighted by molar-refractivity contribution is 5.60. The molecule has 1 aliphatic rings. The summed E-state index contributed by atoms with van der Waals surface area (Å²) in [7, 11) is 0. The molecule has 0 spiro atoms. The quantitative estimate of drug-likeness (QED) is 0.630. The average Bonchev–Trinajstić information content (AvgIpc) is 3.23. The zero-order valence-electron chi connectivity index (χ0n) is 15.4. The third kappa shape index (κ3) is 4.74. The number of halogens is 3. The highest BCUT2D eigenvalue weighted by atomic mass is 19.4. The van der Waals surface area contributed by atoms with Crippen LogP contribution in [0.3, 0.4) is 0 Å². The number of rotatable bonds is 5. The zero-order chi connectivity index (χ0) is 20.3. The molecule has 1 aromatic heterocycles. The molecule has 6 nitrogen and oxygen atoms in total. The van der Waals surface area contributed by atoms with E-state index in [2.05, 4.69) is 25.6 Å². The minimum atomic E-state index is -4.42. The monoisotopic (exact) mass is 400 g/mol. The minimum Gasteiger partial charge on any atom is -0.341 e. The molecule has 0 bridgehead atoms. The number of para-hydroxylation sites is 1. The first-order valence-electron chi connectivity index (χ1n) is 9.25. The summed E-state index contributed by atoms with van der Waals surface area (Å²) in [5.41, 5.74) is 0.319. The first kappa shape index (κ1) is 19.0. The van der Waals surface area contributed by atoms with Crippen molar-refractivity contribution in [1.82, 2.24) is 15.0 Å². The fraction of sp³-hybridized carbons (Fsp3) is 0.250. The molecule has 9 heteroatoms. The van der Waals surface area contributed by atoms with Crippen molar-refractivity contribution in [2.24, 2.45) is 0 Å². The van der Waals surface area contributed by atoms with E-state index in [1.807, 2.05) is 35.2 Å². The lowest BCUT2D eigenvalue weighted by atomic mass is 10.2. The third-order valence-corrected chi connectivity index (χ3v) is 4.49. The van der Waals surface area contributed by atoms with Gasteiger partial charge in [0.2, 0.25) is 17.8 Å². The maximum absolute atomic E-state index is 13.0. The Morgan fingerprint density at radius 2 is 1.38 bits per heavy atom. The summed E-state index contributed by atoms with van der Waals surface area (Å²) in [6.07, 6.45) is -2.33. The van der Waals surface area contributed by atoms with Crippen molar-refractivity contribution >= 4 is 29.2 Å². The maximum Gasteiger partial charge on any atom is 0.416 e. The number of nitrogens with zero attached hydrogens (tertiary/aromatic N) is 4. The Bertz CT molecular complexity index is 971. The predicted molar refractivity (Wildman–Crippen MR) is 106 cm³/mol. The lowest BCUT2D eigenvalue weighted by Gasteiger charge is -2.17. The van der Waals surface area contributed by atoms with Crippen molar-refractivity contribution in [2.45, 2.75) is 19.0 Å². The lowest BCUT2D eigenvalue weighted by Crippen LogP contribution is -2.21. The van der Waals surface area contributed by atoms with E-state index in [1.54, 1.807) is 6.07 Å². The van der Waals surface area contributed by atoms with Gasteiger partial charge in [-0.3, -0.25) is 0 Å². The van der Waals surface area contributed by atoms with Crippen molar-refractivity contribution in [3.05, 3.63) is 60.2 Å². The highest BCUT2D eigenvalue weighted by Gasteiger charge is 2.30. The maximum atomic E-state index is 13.0. The van der Waals surface area contributed by atoms with E-state index in [4.69, 9.17) is 0 Å². The van der Waals surface area contributed by atoms with E-state index in [9.17, 15) is 13.2 Å². The highest BCUT2D eigenvalue weighted by Crippen LogP contribution is 2.31. The van der Waals surface area contributed by atoms with E-state index in [-0.39, 0.29) is 11.6 Å². The fourth-order valence-corrected chi connectivity index (χ4v) is 3.09. The van der Waals surface area contributed by atoms with Gasteiger partial charge >= 0.3 is 6.18 Å². The summed E-state index contributed by atoms with van der Waals surface area (Å²) in [4.78, 5) is 15.3. The summed E-state index contributed by atoms with van der Waals surface area (Å²) in [5.74, 6) is 0.993. The molecule has 0 aliphatic carbocycles. The summed E-state index contributed by atoms with van der Waals surface area (Å²) >= 11 is 0. The molecule has 0 unspecified atom stereocenters. The first-order valence-corrected chi connectivity index (χ1v) is 9.25. The Morgan fingerprint density at radius 1 is 0.759 bits per heavy atom. The second kappa shape index (κ2) is 7.94. The summed E-state index contributed by atoms with van der Waals surface area (Å²) in [6, 6.07) is 14.3. The topological polar surface area (TPSA) is 66.0 Å². The Balaban J connectivity index is 1.65. The molecule has 1 aliphatic heterocycles. The molecule has 0 amide bonds. The molecule has 2 N–H and O–H groups in total. The molecule has 4 rings (SSSR count). The molecule has 3 aromatic rings. The second-order valence-electron chi connectivity index (χ2n) is 6.67. The fourth-order valence-electron chi connectivity index (χ4n) is 3.09. The van der Waals surface area contributed by atoms with Crippen LogP contribution in [0.15, 0.2) is 54.6 Å². The van der Waals surface area contributed by atoms with E-state index < -0.39 is 11.7 Å². The van der Waals surface area contributed by atoms with Crippen LogP contribution in [0.25, 0.3) is 0 Å². The molecule has 2 heterocycles. The normalized spacial score (nSPS) is 14.1. The van der Waals surface area contributed by atoms with Gasteiger partial charge < -0.3 is 15.5 Å². The van der Waals surface area contributed by atoms with Crippen LogP contribution >= 0.6 is 0 Å². The molecule has 1 fully saturated rings. The average molecular weight is 400 g/mol. The largest absolute Gasteiger partial charge is 0.416 e. The molecule has 0 radical (unpaired) electrons. The molecule has 29 heavy (non-hydrogen) atoms. The first-order chi connectivity index (χ1) is 14.0. The van der Waals surface area contributed by atoms with Crippen LogP contribution in [0.2, 0.25) is 0 Å². The molecule has 150 valence electrons. The van der Waals surface area contributed by atoms with E-state index in [1.165, 1.54) is 6.07 Å². The van der Waals surface area contributed by atoms with Crippen LogP contribution in [0.1, 0.15) is 18.4 Å². The number of nitrogens with one attached hydrogen (secondary N) is 2. The summed E-state index contributed by atoms with van der Waals surface area (Å²) < 4.78 is 39.0. The van der Waals surface area contributed by atoms with E-state index in [0.29, 0.717) is 11.9 Å².